The summed E-state index contributed by atoms with van der Waals surface area (Å²) in [6.45, 7) is 5.37. The summed E-state index contributed by atoms with van der Waals surface area (Å²) in [5.74, 6) is -2.94. The van der Waals surface area contributed by atoms with E-state index in [4.69, 9.17) is 20.4 Å². The smallest absolute Gasteiger partial charge is 0.846 e. The van der Waals surface area contributed by atoms with Gasteiger partial charge in [0.15, 0.2) is 0 Å². The van der Waals surface area contributed by atoms with Gasteiger partial charge in [0.05, 0.1) is 19.2 Å². The molecule has 12 heteroatoms. The number of unbranched alkanes of at least 4 members (excludes halogenated alkanes) is 1. The molecule has 0 aromatic heterocycles. The van der Waals surface area contributed by atoms with Gasteiger partial charge in [0, 0.05) is 12.8 Å². The van der Waals surface area contributed by atoms with Gasteiger partial charge in [0.1, 0.15) is 5.41 Å². The number of carboxylic acid groups (broad SMARTS) is 2. The van der Waals surface area contributed by atoms with Crippen LogP contribution in [0, 0.1) is 11.3 Å². The molecule has 0 fully saturated rings. The standard InChI is InChI=1S/C11H18N2O3.C6H10O4.C2H6O2.Na/c1-4-6-7(3)11(5-2)8(14)12-10(16)13-9(11)15;7-5(8)3-1-2-4-6(9)10;3-1-2-4;/h7H,4-6H2,1-3H3,(H2,12,13,14,15,16);1-4H2,(H,7,8)(H,9,10);3-4H,1-2H2;/q;;;+1/p-1. The minimum absolute atomic E-state index is 0. The number of aliphatic hydroxyl groups is 2. The molecule has 2 atom stereocenters. The zero-order chi connectivity index (χ0) is 23.7. The number of hydrogen-bond donors (Lipinski definition) is 5. The van der Waals surface area contributed by atoms with Gasteiger partial charge >= 0.3 is 41.5 Å². The summed E-state index contributed by atoms with van der Waals surface area (Å²) in [5.41, 5.74) is -1.15. The Kier molecular flexibility index (Phi) is 21.1. The van der Waals surface area contributed by atoms with Gasteiger partial charge in [-0.1, -0.05) is 27.2 Å². The fourth-order valence-electron chi connectivity index (χ4n) is 2.85. The van der Waals surface area contributed by atoms with Crippen molar-refractivity contribution in [2.45, 2.75) is 65.7 Å². The second-order valence-corrected chi connectivity index (χ2v) is 6.63. The zero-order valence-electron chi connectivity index (χ0n) is 18.7. The van der Waals surface area contributed by atoms with Crippen LogP contribution in [0.2, 0.25) is 0 Å². The van der Waals surface area contributed by atoms with Gasteiger partial charge < -0.3 is 30.8 Å². The Balaban J connectivity index is -0.000000450. The van der Waals surface area contributed by atoms with E-state index < -0.39 is 35.2 Å². The number of carbonyl (C=O) groups excluding carboxylic acids is 2. The summed E-state index contributed by atoms with van der Waals surface area (Å²) < 4.78 is 0. The van der Waals surface area contributed by atoms with E-state index in [9.17, 15) is 24.3 Å². The molecule has 1 heterocycles. The molecule has 0 saturated heterocycles. The van der Waals surface area contributed by atoms with E-state index in [1.54, 1.807) is 6.92 Å². The van der Waals surface area contributed by atoms with E-state index in [1.165, 1.54) is 0 Å². The van der Waals surface area contributed by atoms with Crippen molar-refractivity contribution in [1.29, 1.82) is 0 Å². The number of aliphatic carboxylic acids is 2. The van der Waals surface area contributed by atoms with Gasteiger partial charge in [-0.25, -0.2) is 4.99 Å². The second kappa shape index (κ2) is 19.2. The summed E-state index contributed by atoms with van der Waals surface area (Å²) in [5, 5.41) is 44.6. The van der Waals surface area contributed by atoms with Crippen LogP contribution < -0.4 is 40.0 Å². The molecule has 0 radical (unpaired) electrons. The van der Waals surface area contributed by atoms with Gasteiger partial charge in [-0.3, -0.25) is 19.2 Å². The first-order valence-electron chi connectivity index (χ1n) is 9.80. The van der Waals surface area contributed by atoms with Crippen molar-refractivity contribution in [3.8, 4) is 0 Å². The van der Waals surface area contributed by atoms with E-state index in [2.05, 4.69) is 10.3 Å². The van der Waals surface area contributed by atoms with Gasteiger partial charge in [-0.05, 0) is 31.6 Å². The molecule has 0 saturated carbocycles. The van der Waals surface area contributed by atoms with Crippen LogP contribution in [-0.4, -0.2) is 63.4 Å². The Hall–Kier alpha value is -1.53. The molecule has 1 aliphatic rings. The monoisotopic (exact) mass is 456 g/mol. The molecule has 1 rings (SSSR count). The van der Waals surface area contributed by atoms with Crippen LogP contribution in [0.3, 0.4) is 0 Å². The normalized spacial score (nSPS) is 18.0. The predicted molar refractivity (Wildman–Crippen MR) is 105 cm³/mol. The van der Waals surface area contributed by atoms with E-state index in [0.717, 1.165) is 12.8 Å². The molecule has 5 N–H and O–H groups in total. The van der Waals surface area contributed by atoms with Crippen molar-refractivity contribution >= 4 is 29.8 Å². The zero-order valence-corrected chi connectivity index (χ0v) is 20.7. The number of aliphatic imine (C=N–C) groups is 1. The van der Waals surface area contributed by atoms with E-state index in [0.29, 0.717) is 19.3 Å². The maximum Gasteiger partial charge on any atom is 1.00 e. The summed E-state index contributed by atoms with van der Waals surface area (Å²) in [6, 6.07) is -0.845. The van der Waals surface area contributed by atoms with Gasteiger partial charge in [0.2, 0.25) is 5.91 Å². The minimum atomic E-state index is -1.15. The van der Waals surface area contributed by atoms with Crippen LogP contribution in [0.25, 0.3) is 0 Å². The van der Waals surface area contributed by atoms with Crippen LogP contribution in [0.4, 0.5) is 0 Å². The number of aliphatic hydroxyl groups excluding tert-OH is 2. The van der Waals surface area contributed by atoms with Crippen molar-refractivity contribution in [3.05, 3.63) is 0 Å². The van der Waals surface area contributed by atoms with Crippen molar-refractivity contribution < 1.29 is 74.3 Å². The van der Waals surface area contributed by atoms with E-state index in [-0.39, 0.29) is 61.5 Å². The van der Waals surface area contributed by atoms with Crippen molar-refractivity contribution in [2.75, 3.05) is 13.2 Å². The molecule has 2 unspecified atom stereocenters. The number of nitrogens with one attached hydrogen (secondary N) is 1. The molecular formula is C19H33N2NaO9. The summed E-state index contributed by atoms with van der Waals surface area (Å²) >= 11 is 0. The maximum atomic E-state index is 11.9. The van der Waals surface area contributed by atoms with Crippen LogP contribution in [0.15, 0.2) is 4.99 Å². The molecule has 174 valence electrons. The second-order valence-electron chi connectivity index (χ2n) is 6.63. The first-order valence-corrected chi connectivity index (χ1v) is 9.80. The number of carboxylic acids is 2. The molecule has 2 amide bonds. The van der Waals surface area contributed by atoms with Crippen LogP contribution in [-0.2, 0) is 19.2 Å². The summed E-state index contributed by atoms with van der Waals surface area (Å²) in [4.78, 5) is 46.9. The summed E-state index contributed by atoms with van der Waals surface area (Å²) in [7, 11) is 0. The molecule has 1 aliphatic heterocycles. The first kappa shape index (κ1) is 34.1. The van der Waals surface area contributed by atoms with Gasteiger partial charge in [-0.15, -0.1) is 0 Å². The topological polar surface area (TPSA) is 197 Å². The molecule has 31 heavy (non-hydrogen) atoms. The fraction of sp³-hybridized carbons (Fsp3) is 0.737. The Labute approximate surface area is 204 Å². The van der Waals surface area contributed by atoms with Gasteiger partial charge in [0.25, 0.3) is 5.91 Å². The summed E-state index contributed by atoms with van der Waals surface area (Å²) in [6.07, 6.45) is 3.04. The SMILES string of the molecule is CCCC(C)C1(CC)C(=O)N=C([O-])NC1=O.O=C(O)CCCCC(=O)O.OCCO.[Na+]. The Bertz CT molecular complexity index is 581. The fourth-order valence-corrected chi connectivity index (χ4v) is 2.85. The van der Waals surface area contributed by atoms with Crippen LogP contribution >= 0.6 is 0 Å². The number of nitrogens with zero attached hydrogens (tertiary/aromatic N) is 1. The van der Waals surface area contributed by atoms with Crippen molar-refractivity contribution in [1.82, 2.24) is 5.32 Å². The largest absolute Gasteiger partial charge is 1.00 e. The van der Waals surface area contributed by atoms with Crippen LogP contribution in [0.1, 0.15) is 65.7 Å². The minimum Gasteiger partial charge on any atom is -0.846 e. The molecule has 11 nitrogen and oxygen atoms in total. The Morgan fingerprint density at radius 3 is 1.81 bits per heavy atom. The number of hydrogen-bond acceptors (Lipinski definition) is 7. The molecule has 0 bridgehead atoms. The third kappa shape index (κ3) is 13.5. The molecule has 0 spiro atoms. The third-order valence-corrected chi connectivity index (χ3v) is 4.46. The Morgan fingerprint density at radius 2 is 1.52 bits per heavy atom. The average Bonchev–Trinajstić information content (AvgIpc) is 2.66. The van der Waals surface area contributed by atoms with E-state index in [1.807, 2.05) is 13.8 Å². The average molecular weight is 456 g/mol. The van der Waals surface area contributed by atoms with Crippen molar-refractivity contribution in [3.63, 3.8) is 0 Å². The molecule has 0 aromatic rings. The molecule has 0 aliphatic carbocycles. The number of amides is 2. The predicted octanol–water partition coefficient (Wildman–Crippen LogP) is -3.12. The number of amidine groups is 1. The van der Waals surface area contributed by atoms with Crippen LogP contribution in [0.5, 0.6) is 0 Å². The quantitative estimate of drug-likeness (QED) is 0.128. The van der Waals surface area contributed by atoms with E-state index >= 15 is 0 Å². The third-order valence-electron chi connectivity index (χ3n) is 4.46. The van der Waals surface area contributed by atoms with Crippen molar-refractivity contribution in [2.24, 2.45) is 16.3 Å². The first-order chi connectivity index (χ1) is 14.0. The van der Waals surface area contributed by atoms with Gasteiger partial charge in [-0.2, -0.15) is 0 Å². The Morgan fingerprint density at radius 1 is 1.06 bits per heavy atom. The molecule has 0 aromatic carbocycles. The number of carbonyl (C=O) groups is 4. The maximum absolute atomic E-state index is 11.9. The number of rotatable bonds is 10. The molecular weight excluding hydrogens is 423 g/mol.